The molecule has 1 amide bonds. The number of aromatic carboxylic acids is 1. The molecule has 1 aromatic heterocycles. The van der Waals surface area contributed by atoms with Crippen LogP contribution in [0.4, 0.5) is 0 Å². The number of benzene rings is 1. The first-order chi connectivity index (χ1) is 13.4. The van der Waals surface area contributed by atoms with Crippen LogP contribution in [0.3, 0.4) is 0 Å². The normalized spacial score (nSPS) is 16.4. The third-order valence-electron chi connectivity index (χ3n) is 5.87. The van der Waals surface area contributed by atoms with E-state index in [9.17, 15) is 14.7 Å². The summed E-state index contributed by atoms with van der Waals surface area (Å²) in [6, 6.07) is 10.4. The Labute approximate surface area is 166 Å². The second kappa shape index (κ2) is 8.59. The van der Waals surface area contributed by atoms with Crippen LogP contribution in [0, 0.1) is 12.8 Å². The number of carboxylic acid groups (broad SMARTS) is 1. The summed E-state index contributed by atoms with van der Waals surface area (Å²) in [4.78, 5) is 26.1. The molecule has 0 bridgehead atoms. The molecule has 6 nitrogen and oxygen atoms in total. The average molecular weight is 383 g/mol. The fraction of sp³-hybridized carbons (Fsp3) is 0.500. The quantitative estimate of drug-likeness (QED) is 0.821. The number of carbonyl (C=O) groups excluding carboxylic acids is 1. The van der Waals surface area contributed by atoms with Gasteiger partial charge in [0.25, 0.3) is 0 Å². The fourth-order valence-electron chi connectivity index (χ4n) is 4.12. The Hall–Kier alpha value is -2.63. The highest BCUT2D eigenvalue weighted by Crippen LogP contribution is 2.30. The van der Waals surface area contributed by atoms with Crippen molar-refractivity contribution in [1.29, 1.82) is 0 Å². The Morgan fingerprint density at radius 3 is 2.36 bits per heavy atom. The molecule has 3 rings (SSSR count). The minimum atomic E-state index is -0.947. The van der Waals surface area contributed by atoms with Crippen molar-refractivity contribution in [3.63, 3.8) is 0 Å². The Morgan fingerprint density at radius 2 is 1.82 bits per heavy atom. The number of carboxylic acids is 1. The summed E-state index contributed by atoms with van der Waals surface area (Å²) in [5, 5.41) is 13.5. The van der Waals surface area contributed by atoms with E-state index in [0.29, 0.717) is 31.1 Å². The van der Waals surface area contributed by atoms with E-state index in [1.165, 1.54) is 11.8 Å². The molecule has 1 aromatic carbocycles. The van der Waals surface area contributed by atoms with E-state index in [-0.39, 0.29) is 23.4 Å². The Bertz CT molecular complexity index is 821. The van der Waals surface area contributed by atoms with E-state index in [0.717, 1.165) is 12.8 Å². The second-order valence-electron chi connectivity index (χ2n) is 7.97. The van der Waals surface area contributed by atoms with Crippen LogP contribution in [0.2, 0.25) is 0 Å². The lowest BCUT2D eigenvalue weighted by Gasteiger charge is -2.34. The number of amides is 1. The maximum Gasteiger partial charge on any atom is 0.339 e. The molecule has 2 heterocycles. The Kier molecular flexibility index (Phi) is 6.17. The van der Waals surface area contributed by atoms with Crippen molar-refractivity contribution < 1.29 is 14.7 Å². The number of carbonyl (C=O) groups is 2. The summed E-state index contributed by atoms with van der Waals surface area (Å²) in [7, 11) is 0. The smallest absolute Gasteiger partial charge is 0.339 e. The molecule has 28 heavy (non-hydrogen) atoms. The lowest BCUT2D eigenvalue weighted by atomic mass is 9.85. The van der Waals surface area contributed by atoms with E-state index >= 15 is 0 Å². The van der Waals surface area contributed by atoms with E-state index in [1.807, 2.05) is 27.8 Å². The Morgan fingerprint density at radius 1 is 1.18 bits per heavy atom. The van der Waals surface area contributed by atoms with Crippen molar-refractivity contribution in [2.45, 2.75) is 52.0 Å². The predicted octanol–water partition coefficient (Wildman–Crippen LogP) is 3.88. The minimum absolute atomic E-state index is 0.146. The van der Waals surface area contributed by atoms with Crippen molar-refractivity contribution in [3.05, 3.63) is 53.3 Å². The van der Waals surface area contributed by atoms with Gasteiger partial charge in [-0.1, -0.05) is 44.2 Å². The molecule has 1 fully saturated rings. The van der Waals surface area contributed by atoms with E-state index in [1.54, 1.807) is 6.92 Å². The van der Waals surface area contributed by atoms with Crippen LogP contribution in [0.1, 0.15) is 66.7 Å². The van der Waals surface area contributed by atoms with E-state index in [2.05, 4.69) is 31.1 Å². The highest BCUT2D eigenvalue weighted by molar-refractivity contribution is 5.88. The predicted molar refractivity (Wildman–Crippen MR) is 107 cm³/mol. The molecule has 0 aliphatic carbocycles. The number of hydrogen-bond donors (Lipinski definition) is 1. The molecule has 1 unspecified atom stereocenters. The lowest BCUT2D eigenvalue weighted by molar-refractivity contribution is -0.133. The van der Waals surface area contributed by atoms with Gasteiger partial charge in [-0.2, -0.15) is 5.10 Å². The lowest BCUT2D eigenvalue weighted by Crippen LogP contribution is -2.40. The molecular formula is C22H29N3O3. The molecule has 1 N–H and O–H groups in total. The topological polar surface area (TPSA) is 75.4 Å². The van der Waals surface area contributed by atoms with Gasteiger partial charge in [-0.15, -0.1) is 0 Å². The largest absolute Gasteiger partial charge is 0.478 e. The van der Waals surface area contributed by atoms with Gasteiger partial charge in [-0.05, 0) is 37.2 Å². The summed E-state index contributed by atoms with van der Waals surface area (Å²) in [5.74, 6) is -0.135. The molecule has 150 valence electrons. The summed E-state index contributed by atoms with van der Waals surface area (Å²) in [6.45, 7) is 7.49. The van der Waals surface area contributed by atoms with Gasteiger partial charge in [0, 0.05) is 19.5 Å². The van der Waals surface area contributed by atoms with Gasteiger partial charge in [0.15, 0.2) is 0 Å². The van der Waals surface area contributed by atoms with E-state index in [4.69, 9.17) is 0 Å². The molecule has 1 aliphatic rings. The van der Waals surface area contributed by atoms with Crippen LogP contribution in [-0.4, -0.2) is 44.8 Å². The van der Waals surface area contributed by atoms with Crippen molar-refractivity contribution in [2.24, 2.45) is 5.92 Å². The number of nitrogens with zero attached hydrogens (tertiary/aromatic N) is 3. The van der Waals surface area contributed by atoms with Gasteiger partial charge in [-0.3, -0.25) is 9.48 Å². The first-order valence-electron chi connectivity index (χ1n) is 9.98. The zero-order valence-electron chi connectivity index (χ0n) is 16.8. The third-order valence-corrected chi connectivity index (χ3v) is 5.87. The fourth-order valence-corrected chi connectivity index (χ4v) is 4.12. The number of aromatic nitrogens is 2. The first-order valence-corrected chi connectivity index (χ1v) is 9.98. The number of hydrogen-bond acceptors (Lipinski definition) is 3. The van der Waals surface area contributed by atoms with Crippen molar-refractivity contribution >= 4 is 11.9 Å². The van der Waals surface area contributed by atoms with Crippen LogP contribution in [-0.2, 0) is 4.79 Å². The standard InChI is InChI=1S/C22H29N3O3/c1-15(2)19(17-7-5-4-6-8-17)13-21(26)24-11-9-18(10-12-24)25-16(3)20(14-23-25)22(27)28/h4-8,14-15,18-19H,9-13H2,1-3H3,(H,27,28). The van der Waals surface area contributed by atoms with Gasteiger partial charge in [0.05, 0.1) is 17.9 Å². The van der Waals surface area contributed by atoms with Crippen molar-refractivity contribution in [3.8, 4) is 0 Å². The summed E-state index contributed by atoms with van der Waals surface area (Å²) < 4.78 is 1.81. The molecule has 0 radical (unpaired) electrons. The number of rotatable bonds is 6. The van der Waals surface area contributed by atoms with E-state index < -0.39 is 5.97 Å². The van der Waals surface area contributed by atoms with Gasteiger partial charge in [0.1, 0.15) is 5.56 Å². The minimum Gasteiger partial charge on any atom is -0.478 e. The second-order valence-corrected chi connectivity index (χ2v) is 7.97. The van der Waals surface area contributed by atoms with Gasteiger partial charge >= 0.3 is 5.97 Å². The van der Waals surface area contributed by atoms with Crippen molar-refractivity contribution in [2.75, 3.05) is 13.1 Å². The number of likely N-dealkylation sites (tertiary alicyclic amines) is 1. The zero-order chi connectivity index (χ0) is 20.3. The van der Waals surface area contributed by atoms with Crippen LogP contribution >= 0.6 is 0 Å². The van der Waals surface area contributed by atoms with Gasteiger partial charge < -0.3 is 10.0 Å². The van der Waals surface area contributed by atoms with Crippen LogP contribution in [0.25, 0.3) is 0 Å². The zero-order valence-corrected chi connectivity index (χ0v) is 16.8. The van der Waals surface area contributed by atoms with Crippen LogP contribution in [0.5, 0.6) is 0 Å². The maximum absolute atomic E-state index is 12.9. The highest BCUT2D eigenvalue weighted by atomic mass is 16.4. The average Bonchev–Trinajstić information content (AvgIpc) is 3.08. The van der Waals surface area contributed by atoms with Crippen LogP contribution < -0.4 is 0 Å². The molecule has 1 saturated heterocycles. The summed E-state index contributed by atoms with van der Waals surface area (Å²) in [6.07, 6.45) is 3.54. The molecule has 0 saturated carbocycles. The molecule has 2 aromatic rings. The molecule has 0 spiro atoms. The SMILES string of the molecule is Cc1c(C(=O)O)cnn1C1CCN(C(=O)CC(c2ccccc2)C(C)C)CC1. The van der Waals surface area contributed by atoms with Crippen LogP contribution in [0.15, 0.2) is 36.5 Å². The summed E-state index contributed by atoms with van der Waals surface area (Å²) in [5.41, 5.74) is 2.15. The third kappa shape index (κ3) is 4.26. The monoisotopic (exact) mass is 383 g/mol. The molecular weight excluding hydrogens is 354 g/mol. The maximum atomic E-state index is 12.9. The van der Waals surface area contributed by atoms with Crippen molar-refractivity contribution in [1.82, 2.24) is 14.7 Å². The Balaban J connectivity index is 1.61. The molecule has 1 aliphatic heterocycles. The number of piperidine rings is 1. The highest BCUT2D eigenvalue weighted by Gasteiger charge is 2.28. The first kappa shape index (κ1) is 20.1. The summed E-state index contributed by atoms with van der Waals surface area (Å²) >= 11 is 0. The molecule has 6 heteroatoms. The van der Waals surface area contributed by atoms with Gasteiger partial charge in [0.2, 0.25) is 5.91 Å². The molecule has 1 atom stereocenters. The van der Waals surface area contributed by atoms with Gasteiger partial charge in [-0.25, -0.2) is 4.79 Å².